The molecule has 8 heteroatoms. The highest BCUT2D eigenvalue weighted by Gasteiger charge is 2.11. The number of carbonyl (C=O) groups excluding carboxylic acids is 2. The van der Waals surface area contributed by atoms with E-state index in [9.17, 15) is 14.0 Å². The van der Waals surface area contributed by atoms with Crippen LogP contribution in [-0.2, 0) is 22.6 Å². The standard InChI is InChI=1S/C25H23FN4O3/c26-22-7-2-1-6-21(22)23-10-8-20(33-23)9-11-24(31)28-18-4-3-5-19(16-18)29-25(32)12-14-30-15-13-27-17-30/h1-8,10,13,15-17H,9,11-12,14H2,(H,28,31)(H,29,32). The van der Waals surface area contributed by atoms with Gasteiger partial charge in [-0.05, 0) is 42.5 Å². The Bertz CT molecular complexity index is 1230. The van der Waals surface area contributed by atoms with E-state index in [-0.39, 0.29) is 24.1 Å². The van der Waals surface area contributed by atoms with Gasteiger partial charge in [-0.2, -0.15) is 0 Å². The molecule has 4 rings (SSSR count). The normalized spacial score (nSPS) is 10.7. The predicted octanol–water partition coefficient (Wildman–Crippen LogP) is 4.88. The first-order valence-corrected chi connectivity index (χ1v) is 10.6. The Morgan fingerprint density at radius 1 is 0.939 bits per heavy atom. The van der Waals surface area contributed by atoms with E-state index in [2.05, 4.69) is 15.6 Å². The first-order chi connectivity index (χ1) is 16.1. The molecule has 2 N–H and O–H groups in total. The third-order valence-corrected chi connectivity index (χ3v) is 4.99. The molecular formula is C25H23FN4O3. The first-order valence-electron chi connectivity index (χ1n) is 10.6. The van der Waals surface area contributed by atoms with Crippen molar-refractivity contribution in [3.05, 3.63) is 91.0 Å². The van der Waals surface area contributed by atoms with Crippen molar-refractivity contribution >= 4 is 23.2 Å². The molecule has 2 amide bonds. The summed E-state index contributed by atoms with van der Waals surface area (Å²) < 4.78 is 21.4. The summed E-state index contributed by atoms with van der Waals surface area (Å²) >= 11 is 0. The number of benzene rings is 2. The number of aromatic nitrogens is 2. The zero-order valence-corrected chi connectivity index (χ0v) is 17.8. The van der Waals surface area contributed by atoms with E-state index in [1.807, 2.05) is 4.57 Å². The lowest BCUT2D eigenvalue weighted by atomic mass is 10.1. The molecule has 33 heavy (non-hydrogen) atoms. The van der Waals surface area contributed by atoms with Crippen molar-refractivity contribution < 1.29 is 18.4 Å². The topological polar surface area (TPSA) is 89.2 Å². The van der Waals surface area contributed by atoms with E-state index < -0.39 is 0 Å². The van der Waals surface area contributed by atoms with Crippen molar-refractivity contribution in [1.82, 2.24) is 9.55 Å². The van der Waals surface area contributed by atoms with Gasteiger partial charge in [0.1, 0.15) is 17.3 Å². The number of aryl methyl sites for hydroxylation is 2. The number of imidazole rings is 1. The molecule has 0 atom stereocenters. The summed E-state index contributed by atoms with van der Waals surface area (Å²) in [7, 11) is 0. The zero-order valence-electron chi connectivity index (χ0n) is 17.8. The van der Waals surface area contributed by atoms with E-state index in [4.69, 9.17) is 4.42 Å². The van der Waals surface area contributed by atoms with Gasteiger partial charge in [0, 0.05) is 49.6 Å². The van der Waals surface area contributed by atoms with Crippen molar-refractivity contribution in [2.24, 2.45) is 0 Å². The lowest BCUT2D eigenvalue weighted by molar-refractivity contribution is -0.117. The number of carbonyl (C=O) groups is 2. The van der Waals surface area contributed by atoms with Crippen LogP contribution in [0, 0.1) is 5.82 Å². The second-order valence-electron chi connectivity index (χ2n) is 7.47. The summed E-state index contributed by atoms with van der Waals surface area (Å²) in [4.78, 5) is 28.5. The van der Waals surface area contributed by atoms with Gasteiger partial charge in [-0.15, -0.1) is 0 Å². The van der Waals surface area contributed by atoms with Crippen molar-refractivity contribution in [2.45, 2.75) is 25.8 Å². The first kappa shape index (κ1) is 22.0. The van der Waals surface area contributed by atoms with Crippen LogP contribution in [-0.4, -0.2) is 21.4 Å². The van der Waals surface area contributed by atoms with Gasteiger partial charge in [-0.1, -0.05) is 18.2 Å². The number of hydrogen-bond donors (Lipinski definition) is 2. The Kier molecular flexibility index (Phi) is 6.94. The van der Waals surface area contributed by atoms with E-state index >= 15 is 0 Å². The molecule has 0 radical (unpaired) electrons. The van der Waals surface area contributed by atoms with Gasteiger partial charge in [0.15, 0.2) is 0 Å². The minimum Gasteiger partial charge on any atom is -0.461 e. The van der Waals surface area contributed by atoms with Gasteiger partial charge in [-0.3, -0.25) is 9.59 Å². The van der Waals surface area contributed by atoms with Crippen LogP contribution in [0.5, 0.6) is 0 Å². The molecule has 0 aliphatic carbocycles. The van der Waals surface area contributed by atoms with Crippen LogP contribution in [0.2, 0.25) is 0 Å². The molecule has 0 fully saturated rings. The van der Waals surface area contributed by atoms with Gasteiger partial charge >= 0.3 is 0 Å². The maximum Gasteiger partial charge on any atom is 0.226 e. The molecule has 0 spiro atoms. The molecule has 0 aliphatic heterocycles. The average molecular weight is 446 g/mol. The number of anilines is 2. The lowest BCUT2D eigenvalue weighted by Gasteiger charge is -2.09. The summed E-state index contributed by atoms with van der Waals surface area (Å²) in [6, 6.07) is 16.8. The van der Waals surface area contributed by atoms with Crippen LogP contribution < -0.4 is 10.6 Å². The van der Waals surface area contributed by atoms with Crippen molar-refractivity contribution in [1.29, 1.82) is 0 Å². The highest BCUT2D eigenvalue weighted by molar-refractivity contribution is 5.94. The fourth-order valence-electron chi connectivity index (χ4n) is 3.33. The molecule has 0 saturated heterocycles. The number of nitrogens with one attached hydrogen (secondary N) is 2. The molecular weight excluding hydrogens is 423 g/mol. The summed E-state index contributed by atoms with van der Waals surface area (Å²) in [5, 5.41) is 5.65. The third-order valence-electron chi connectivity index (χ3n) is 4.99. The van der Waals surface area contributed by atoms with Crippen LogP contribution in [0.1, 0.15) is 18.6 Å². The second-order valence-corrected chi connectivity index (χ2v) is 7.47. The molecule has 2 aromatic heterocycles. The summed E-state index contributed by atoms with van der Waals surface area (Å²) in [5.41, 5.74) is 1.57. The van der Waals surface area contributed by atoms with Crippen LogP contribution in [0.4, 0.5) is 15.8 Å². The highest BCUT2D eigenvalue weighted by Crippen LogP contribution is 2.25. The molecule has 7 nitrogen and oxygen atoms in total. The van der Waals surface area contributed by atoms with Crippen LogP contribution in [0.15, 0.2) is 83.8 Å². The van der Waals surface area contributed by atoms with Crippen molar-refractivity contribution in [3.8, 4) is 11.3 Å². The Balaban J connectivity index is 1.27. The Labute approximate surface area is 190 Å². The Morgan fingerprint density at radius 3 is 2.42 bits per heavy atom. The fourth-order valence-corrected chi connectivity index (χ4v) is 3.33. The third kappa shape index (κ3) is 6.16. The second kappa shape index (κ2) is 10.4. The van der Waals surface area contributed by atoms with Crippen molar-refractivity contribution in [2.75, 3.05) is 10.6 Å². The highest BCUT2D eigenvalue weighted by atomic mass is 19.1. The van der Waals surface area contributed by atoms with Crippen molar-refractivity contribution in [3.63, 3.8) is 0 Å². The van der Waals surface area contributed by atoms with Gasteiger partial charge in [0.05, 0.1) is 11.9 Å². The summed E-state index contributed by atoms with van der Waals surface area (Å²) in [5.74, 6) is 0.352. The average Bonchev–Trinajstić information content (AvgIpc) is 3.49. The molecule has 2 aromatic carbocycles. The van der Waals surface area contributed by atoms with Gasteiger partial charge in [0.25, 0.3) is 0 Å². The predicted molar refractivity (Wildman–Crippen MR) is 123 cm³/mol. The quantitative estimate of drug-likeness (QED) is 0.383. The Hall–Kier alpha value is -4.20. The van der Waals surface area contributed by atoms with E-state index in [0.29, 0.717) is 47.8 Å². The maximum atomic E-state index is 13.9. The van der Waals surface area contributed by atoms with Crippen LogP contribution in [0.3, 0.4) is 0 Å². The summed E-state index contributed by atoms with van der Waals surface area (Å²) in [6.45, 7) is 0.535. The SMILES string of the molecule is O=C(CCc1ccc(-c2ccccc2F)o1)Nc1cccc(NC(=O)CCn2ccnc2)c1. The molecule has 168 valence electrons. The minimum absolute atomic E-state index is 0.129. The zero-order chi connectivity index (χ0) is 23.0. The van der Waals surface area contributed by atoms with E-state index in [0.717, 1.165) is 0 Å². The fraction of sp³-hybridized carbons (Fsp3) is 0.160. The molecule has 0 aliphatic rings. The molecule has 4 aromatic rings. The van der Waals surface area contributed by atoms with Gasteiger partial charge in [0.2, 0.25) is 11.8 Å². The van der Waals surface area contributed by atoms with Gasteiger partial charge < -0.3 is 19.6 Å². The van der Waals surface area contributed by atoms with E-state index in [1.54, 1.807) is 73.3 Å². The molecule has 0 unspecified atom stereocenters. The largest absolute Gasteiger partial charge is 0.461 e. The smallest absolute Gasteiger partial charge is 0.226 e. The van der Waals surface area contributed by atoms with Gasteiger partial charge in [-0.25, -0.2) is 9.37 Å². The maximum absolute atomic E-state index is 13.9. The lowest BCUT2D eigenvalue weighted by Crippen LogP contribution is -2.15. The van der Waals surface area contributed by atoms with E-state index in [1.165, 1.54) is 6.07 Å². The molecule has 2 heterocycles. The monoisotopic (exact) mass is 446 g/mol. The number of furan rings is 1. The number of amides is 2. The molecule has 0 saturated carbocycles. The minimum atomic E-state index is -0.357. The number of halogens is 1. The number of nitrogens with zero attached hydrogens (tertiary/aromatic N) is 2. The van der Waals surface area contributed by atoms with Crippen LogP contribution >= 0.6 is 0 Å². The number of hydrogen-bond acceptors (Lipinski definition) is 4. The van der Waals surface area contributed by atoms with Crippen LogP contribution in [0.25, 0.3) is 11.3 Å². The summed E-state index contributed by atoms with van der Waals surface area (Å²) in [6.07, 6.45) is 6.01. The molecule has 0 bridgehead atoms. The number of rotatable bonds is 9. The Morgan fingerprint density at radius 2 is 1.70 bits per heavy atom.